The zero-order valence-electron chi connectivity index (χ0n) is 7.73. The van der Waals surface area contributed by atoms with Gasteiger partial charge in [0.25, 0.3) is 0 Å². The molecule has 1 unspecified atom stereocenters. The van der Waals surface area contributed by atoms with Crippen molar-refractivity contribution in [3.8, 4) is 0 Å². The van der Waals surface area contributed by atoms with Crippen LogP contribution in [0.25, 0.3) is 0 Å². The Morgan fingerprint density at radius 2 is 2.31 bits per heavy atom. The number of likely N-dealkylation sites (tertiary alicyclic amines) is 1. The van der Waals surface area contributed by atoms with E-state index in [0.717, 1.165) is 12.8 Å². The van der Waals surface area contributed by atoms with E-state index in [1.807, 2.05) is 0 Å². The third kappa shape index (κ3) is 3.06. The Morgan fingerprint density at radius 3 is 2.85 bits per heavy atom. The fourth-order valence-corrected chi connectivity index (χ4v) is 1.44. The van der Waals surface area contributed by atoms with E-state index in [0.29, 0.717) is 13.1 Å². The molecule has 1 saturated heterocycles. The number of aliphatic hydroxyl groups excluding tert-OH is 2. The lowest BCUT2D eigenvalue weighted by Crippen LogP contribution is -2.37. The van der Waals surface area contributed by atoms with E-state index in [9.17, 15) is 15.0 Å². The molecule has 1 fully saturated rings. The van der Waals surface area contributed by atoms with Crippen molar-refractivity contribution in [1.82, 2.24) is 4.90 Å². The summed E-state index contributed by atoms with van der Waals surface area (Å²) in [5.41, 5.74) is 0. The van der Waals surface area contributed by atoms with E-state index in [-0.39, 0.29) is 11.7 Å². The van der Waals surface area contributed by atoms with Crippen molar-refractivity contribution in [3.05, 3.63) is 12.0 Å². The maximum Gasteiger partial charge on any atom is 0.190 e. The highest BCUT2D eigenvalue weighted by molar-refractivity contribution is 5.87. The van der Waals surface area contributed by atoms with Crippen LogP contribution in [0.2, 0.25) is 0 Å². The van der Waals surface area contributed by atoms with Gasteiger partial charge in [-0.25, -0.2) is 0 Å². The second-order valence-electron chi connectivity index (χ2n) is 3.36. The van der Waals surface area contributed by atoms with E-state index in [1.165, 1.54) is 13.0 Å². The minimum atomic E-state index is -0.392. The van der Waals surface area contributed by atoms with Gasteiger partial charge in [-0.15, -0.1) is 0 Å². The summed E-state index contributed by atoms with van der Waals surface area (Å²) in [6.07, 6.45) is 2.40. The zero-order chi connectivity index (χ0) is 9.84. The first-order valence-corrected chi connectivity index (χ1v) is 4.44. The van der Waals surface area contributed by atoms with E-state index in [2.05, 4.69) is 0 Å². The standard InChI is InChI=1S/C9H15NO3/c1-7(11)5-9(13)10-4-2-3-8(12)6-10/h5,8,12-13H,2-4,6H2,1H3/b9-5-. The topological polar surface area (TPSA) is 60.8 Å². The molecular weight excluding hydrogens is 170 g/mol. The number of aliphatic hydroxyl groups is 2. The third-order valence-corrected chi connectivity index (χ3v) is 2.05. The molecule has 0 aromatic carbocycles. The fourth-order valence-electron chi connectivity index (χ4n) is 1.44. The summed E-state index contributed by atoms with van der Waals surface area (Å²) < 4.78 is 0. The number of ketones is 1. The van der Waals surface area contributed by atoms with E-state index in [4.69, 9.17) is 0 Å². The number of carbonyl (C=O) groups is 1. The first-order chi connectivity index (χ1) is 6.09. The normalized spacial score (nSPS) is 24.6. The van der Waals surface area contributed by atoms with Crippen molar-refractivity contribution < 1.29 is 15.0 Å². The highest BCUT2D eigenvalue weighted by atomic mass is 16.3. The van der Waals surface area contributed by atoms with Crippen LogP contribution in [0.1, 0.15) is 19.8 Å². The first-order valence-electron chi connectivity index (χ1n) is 4.44. The van der Waals surface area contributed by atoms with Crippen LogP contribution < -0.4 is 0 Å². The molecule has 0 saturated carbocycles. The summed E-state index contributed by atoms with van der Waals surface area (Å²) in [4.78, 5) is 12.3. The molecule has 2 N–H and O–H groups in total. The molecule has 13 heavy (non-hydrogen) atoms. The predicted molar refractivity (Wildman–Crippen MR) is 48.2 cm³/mol. The summed E-state index contributed by atoms with van der Waals surface area (Å²) in [6.45, 7) is 2.50. The predicted octanol–water partition coefficient (Wildman–Crippen LogP) is 0.431. The van der Waals surface area contributed by atoms with Crippen LogP contribution in [0.5, 0.6) is 0 Å². The van der Waals surface area contributed by atoms with Gasteiger partial charge < -0.3 is 15.1 Å². The van der Waals surface area contributed by atoms with E-state index >= 15 is 0 Å². The Hall–Kier alpha value is -1.03. The minimum absolute atomic E-state index is 0.0359. The van der Waals surface area contributed by atoms with Gasteiger partial charge in [-0.1, -0.05) is 0 Å². The Balaban J connectivity index is 2.55. The number of nitrogens with zero attached hydrogens (tertiary/aromatic N) is 1. The Kier molecular flexibility index (Phi) is 3.31. The van der Waals surface area contributed by atoms with E-state index < -0.39 is 6.10 Å². The number of carbonyl (C=O) groups excluding carboxylic acids is 1. The third-order valence-electron chi connectivity index (χ3n) is 2.05. The van der Waals surface area contributed by atoms with Crippen LogP contribution in [0.4, 0.5) is 0 Å². The Bertz CT molecular complexity index is 225. The van der Waals surface area contributed by atoms with Gasteiger partial charge in [0, 0.05) is 19.2 Å². The van der Waals surface area contributed by atoms with Crippen molar-refractivity contribution in [3.63, 3.8) is 0 Å². The zero-order valence-corrected chi connectivity index (χ0v) is 7.73. The van der Waals surface area contributed by atoms with Gasteiger partial charge >= 0.3 is 0 Å². The summed E-state index contributed by atoms with van der Waals surface area (Å²) in [7, 11) is 0. The smallest absolute Gasteiger partial charge is 0.190 e. The molecule has 1 heterocycles. The highest BCUT2D eigenvalue weighted by Gasteiger charge is 2.19. The van der Waals surface area contributed by atoms with Crippen molar-refractivity contribution in [1.29, 1.82) is 0 Å². The summed E-state index contributed by atoms with van der Waals surface area (Å²) >= 11 is 0. The van der Waals surface area contributed by atoms with Crippen molar-refractivity contribution >= 4 is 5.78 Å². The van der Waals surface area contributed by atoms with Crippen LogP contribution in [-0.2, 0) is 4.79 Å². The van der Waals surface area contributed by atoms with Gasteiger partial charge in [0.1, 0.15) is 0 Å². The number of hydrogen-bond donors (Lipinski definition) is 2. The molecule has 0 bridgehead atoms. The maximum atomic E-state index is 10.7. The molecule has 74 valence electrons. The van der Waals surface area contributed by atoms with Crippen LogP contribution >= 0.6 is 0 Å². The number of rotatable bonds is 2. The molecule has 1 aliphatic rings. The largest absolute Gasteiger partial charge is 0.495 e. The second-order valence-corrected chi connectivity index (χ2v) is 3.36. The molecule has 0 amide bonds. The average molecular weight is 185 g/mol. The van der Waals surface area contributed by atoms with Crippen LogP contribution in [0, 0.1) is 0 Å². The molecule has 4 nitrogen and oxygen atoms in total. The summed E-state index contributed by atoms with van der Waals surface area (Å²) in [6, 6.07) is 0. The van der Waals surface area contributed by atoms with Crippen molar-refractivity contribution in [2.75, 3.05) is 13.1 Å². The second kappa shape index (κ2) is 4.28. The van der Waals surface area contributed by atoms with Crippen molar-refractivity contribution in [2.45, 2.75) is 25.9 Å². The SMILES string of the molecule is CC(=O)/C=C(\O)N1CCCC(O)C1. The van der Waals surface area contributed by atoms with Gasteiger partial charge in [-0.2, -0.15) is 0 Å². The highest BCUT2D eigenvalue weighted by Crippen LogP contribution is 2.13. The first kappa shape index (κ1) is 10.1. The molecular formula is C9H15NO3. The average Bonchev–Trinajstić information content (AvgIpc) is 2.03. The summed E-state index contributed by atoms with van der Waals surface area (Å²) in [5.74, 6) is -0.219. The molecule has 1 atom stereocenters. The lowest BCUT2D eigenvalue weighted by atomic mass is 10.1. The Labute approximate surface area is 77.5 Å². The monoisotopic (exact) mass is 185 g/mol. The number of allylic oxidation sites excluding steroid dienone is 1. The number of piperidine rings is 1. The van der Waals surface area contributed by atoms with Crippen molar-refractivity contribution in [2.24, 2.45) is 0 Å². The summed E-state index contributed by atoms with van der Waals surface area (Å²) in [5, 5.41) is 18.7. The van der Waals surface area contributed by atoms with Gasteiger partial charge in [0.05, 0.1) is 6.10 Å². The maximum absolute atomic E-state index is 10.7. The number of β-amino-alcohol motifs (C(OH)–C–C–N with tert-alkyl or cyclic N) is 1. The van der Waals surface area contributed by atoms with Gasteiger partial charge in [-0.05, 0) is 19.8 Å². The van der Waals surface area contributed by atoms with Crippen LogP contribution in [0.15, 0.2) is 12.0 Å². The van der Waals surface area contributed by atoms with Crippen LogP contribution in [0.3, 0.4) is 0 Å². The molecule has 0 aromatic rings. The lowest BCUT2D eigenvalue weighted by Gasteiger charge is -2.30. The molecule has 1 rings (SSSR count). The molecule has 0 aromatic heterocycles. The molecule has 4 heteroatoms. The quantitative estimate of drug-likeness (QED) is 0.484. The van der Waals surface area contributed by atoms with Gasteiger partial charge in [0.15, 0.2) is 11.7 Å². The fraction of sp³-hybridized carbons (Fsp3) is 0.667. The molecule has 1 aliphatic heterocycles. The molecule has 0 aliphatic carbocycles. The molecule has 0 spiro atoms. The van der Waals surface area contributed by atoms with Crippen LogP contribution in [-0.4, -0.2) is 40.1 Å². The molecule has 0 radical (unpaired) electrons. The van der Waals surface area contributed by atoms with Gasteiger partial charge in [0.2, 0.25) is 0 Å². The van der Waals surface area contributed by atoms with Gasteiger partial charge in [-0.3, -0.25) is 4.79 Å². The Morgan fingerprint density at radius 1 is 1.62 bits per heavy atom. The van der Waals surface area contributed by atoms with E-state index in [1.54, 1.807) is 4.90 Å². The lowest BCUT2D eigenvalue weighted by molar-refractivity contribution is -0.113. The minimum Gasteiger partial charge on any atom is -0.495 e. The number of hydrogen-bond acceptors (Lipinski definition) is 4.